The van der Waals surface area contributed by atoms with E-state index in [1.165, 1.54) is 25.2 Å². The lowest BCUT2D eigenvalue weighted by molar-refractivity contribution is 0.198. The van der Waals surface area contributed by atoms with Crippen molar-refractivity contribution in [2.75, 3.05) is 48.3 Å². The first kappa shape index (κ1) is 19.4. The highest BCUT2D eigenvalue weighted by Gasteiger charge is 2.23. The van der Waals surface area contributed by atoms with Gasteiger partial charge in [0, 0.05) is 25.7 Å². The van der Waals surface area contributed by atoms with Gasteiger partial charge in [0.1, 0.15) is 17.7 Å². The largest absolute Gasteiger partial charge is 0.391 e. The number of aliphatic hydroxyl groups is 1. The van der Waals surface area contributed by atoms with E-state index in [-0.39, 0.29) is 11.8 Å². The second-order valence-corrected chi connectivity index (χ2v) is 7.59. The first-order valence-electron chi connectivity index (χ1n) is 10.1. The molecule has 2 aromatic rings. The molecule has 9 heteroatoms. The molecule has 0 aliphatic carbocycles. The van der Waals surface area contributed by atoms with Crippen LogP contribution in [0.25, 0.3) is 0 Å². The molecule has 0 radical (unpaired) electrons. The van der Waals surface area contributed by atoms with E-state index >= 15 is 0 Å². The van der Waals surface area contributed by atoms with Gasteiger partial charge in [-0.1, -0.05) is 0 Å². The number of hydrogen-bond acceptors (Lipinski definition) is 9. The van der Waals surface area contributed by atoms with Gasteiger partial charge in [0.15, 0.2) is 5.69 Å². The number of nitrogens with one attached hydrogen (secondary N) is 3. The normalized spacial score (nSPS) is 21.6. The van der Waals surface area contributed by atoms with Gasteiger partial charge in [-0.3, -0.25) is 0 Å². The van der Waals surface area contributed by atoms with Crippen LogP contribution >= 0.6 is 0 Å². The molecule has 2 aliphatic heterocycles. The van der Waals surface area contributed by atoms with E-state index in [1.54, 1.807) is 0 Å². The van der Waals surface area contributed by atoms with Crippen molar-refractivity contribution in [3.8, 4) is 6.07 Å². The van der Waals surface area contributed by atoms with Gasteiger partial charge in [-0.25, -0.2) is 15.0 Å². The van der Waals surface area contributed by atoms with Gasteiger partial charge >= 0.3 is 0 Å². The van der Waals surface area contributed by atoms with Crippen LogP contribution in [0.5, 0.6) is 0 Å². The van der Waals surface area contributed by atoms with Crippen LogP contribution in [0.4, 0.5) is 23.0 Å². The van der Waals surface area contributed by atoms with Crippen LogP contribution in [0, 0.1) is 17.2 Å². The molecule has 152 valence electrons. The van der Waals surface area contributed by atoms with Crippen molar-refractivity contribution in [3.05, 3.63) is 30.4 Å². The van der Waals surface area contributed by atoms with E-state index in [2.05, 4.69) is 35.8 Å². The molecule has 2 fully saturated rings. The minimum Gasteiger partial charge on any atom is -0.391 e. The maximum absolute atomic E-state index is 9.94. The third-order valence-electron chi connectivity index (χ3n) is 5.39. The second-order valence-electron chi connectivity index (χ2n) is 7.59. The monoisotopic (exact) mass is 394 g/mol. The Morgan fingerprint density at radius 1 is 1.21 bits per heavy atom. The molecule has 4 rings (SSSR count). The molecule has 0 spiro atoms. The standard InChI is InChI=1S/C20H26N8O/c21-7-15-10-25-20(12-23-15)27-19-6-17(24-9-14-2-1-4-22-8-14)18(11-26-19)28-5-3-16(29)13-28/h6,10-12,14,16,22,29H,1-5,8-9,13H2,(H2,24,25,26,27)/t14-,16?/m1/s1. The summed E-state index contributed by atoms with van der Waals surface area (Å²) in [6, 6.07) is 3.93. The van der Waals surface area contributed by atoms with E-state index in [0.29, 0.717) is 24.1 Å². The average Bonchev–Trinajstić information content (AvgIpc) is 3.20. The molecule has 2 aliphatic rings. The molecule has 1 unspecified atom stereocenters. The molecule has 2 atom stereocenters. The van der Waals surface area contributed by atoms with Crippen LogP contribution in [0.1, 0.15) is 25.0 Å². The third-order valence-corrected chi connectivity index (χ3v) is 5.39. The summed E-state index contributed by atoms with van der Waals surface area (Å²) in [6.07, 6.45) is 7.68. The topological polar surface area (TPSA) is 122 Å². The summed E-state index contributed by atoms with van der Waals surface area (Å²) in [5.74, 6) is 1.77. The van der Waals surface area contributed by atoms with Crippen LogP contribution in [0.3, 0.4) is 0 Å². The smallest absolute Gasteiger partial charge is 0.158 e. The Labute approximate surface area is 170 Å². The van der Waals surface area contributed by atoms with Gasteiger partial charge < -0.3 is 26.0 Å². The number of hydrogen-bond donors (Lipinski definition) is 4. The van der Waals surface area contributed by atoms with Crippen LogP contribution < -0.4 is 20.9 Å². The van der Waals surface area contributed by atoms with E-state index in [0.717, 1.165) is 44.0 Å². The van der Waals surface area contributed by atoms with Crippen molar-refractivity contribution in [1.82, 2.24) is 20.3 Å². The first-order chi connectivity index (χ1) is 14.2. The van der Waals surface area contributed by atoms with Gasteiger partial charge in [0.05, 0.1) is 36.1 Å². The molecule has 0 saturated carbocycles. The highest BCUT2D eigenvalue weighted by atomic mass is 16.3. The molecule has 0 amide bonds. The van der Waals surface area contributed by atoms with Crippen molar-refractivity contribution in [2.24, 2.45) is 5.92 Å². The third kappa shape index (κ3) is 4.91. The van der Waals surface area contributed by atoms with Gasteiger partial charge in [-0.2, -0.15) is 5.26 Å². The zero-order valence-corrected chi connectivity index (χ0v) is 16.3. The lowest BCUT2D eigenvalue weighted by atomic mass is 10.00. The number of pyridine rings is 1. The quantitative estimate of drug-likeness (QED) is 0.577. The first-order valence-corrected chi connectivity index (χ1v) is 10.1. The summed E-state index contributed by atoms with van der Waals surface area (Å²) < 4.78 is 0. The zero-order valence-electron chi connectivity index (χ0n) is 16.3. The lowest BCUT2D eigenvalue weighted by Crippen LogP contribution is -2.33. The Hall–Kier alpha value is -2.96. The number of piperidine rings is 1. The summed E-state index contributed by atoms with van der Waals surface area (Å²) in [5.41, 5.74) is 2.26. The highest BCUT2D eigenvalue weighted by Crippen LogP contribution is 2.31. The Morgan fingerprint density at radius 2 is 2.10 bits per heavy atom. The fraction of sp³-hybridized carbons (Fsp3) is 0.500. The predicted molar refractivity (Wildman–Crippen MR) is 111 cm³/mol. The van der Waals surface area contributed by atoms with Crippen molar-refractivity contribution >= 4 is 23.0 Å². The Kier molecular flexibility index (Phi) is 6.03. The fourth-order valence-corrected chi connectivity index (χ4v) is 3.80. The molecule has 29 heavy (non-hydrogen) atoms. The van der Waals surface area contributed by atoms with Gasteiger partial charge in [0.2, 0.25) is 0 Å². The molecule has 2 aromatic heterocycles. The maximum atomic E-state index is 9.94. The van der Waals surface area contributed by atoms with E-state index in [9.17, 15) is 5.11 Å². The summed E-state index contributed by atoms with van der Waals surface area (Å²) in [4.78, 5) is 14.9. The minimum atomic E-state index is -0.294. The van der Waals surface area contributed by atoms with Gasteiger partial charge in [-0.15, -0.1) is 0 Å². The number of rotatable bonds is 6. The molecule has 0 bridgehead atoms. The second kappa shape index (κ2) is 9.03. The molecule has 2 saturated heterocycles. The Balaban J connectivity index is 1.52. The van der Waals surface area contributed by atoms with Crippen molar-refractivity contribution < 1.29 is 5.11 Å². The number of nitriles is 1. The molecule has 0 aromatic carbocycles. The fourth-order valence-electron chi connectivity index (χ4n) is 3.80. The van der Waals surface area contributed by atoms with Gasteiger partial charge in [-0.05, 0) is 38.3 Å². The minimum absolute atomic E-state index is 0.273. The van der Waals surface area contributed by atoms with Crippen LogP contribution in [-0.2, 0) is 0 Å². The van der Waals surface area contributed by atoms with E-state index in [1.807, 2.05) is 18.3 Å². The van der Waals surface area contributed by atoms with Gasteiger partial charge in [0.25, 0.3) is 0 Å². The zero-order chi connectivity index (χ0) is 20.1. The summed E-state index contributed by atoms with van der Waals surface area (Å²) in [5, 5.41) is 29.0. The summed E-state index contributed by atoms with van der Waals surface area (Å²) in [7, 11) is 0. The number of β-amino-alcohol motifs (C(OH)–C–C–N with tert-alkyl or cyclic N) is 1. The number of anilines is 4. The number of aromatic nitrogens is 3. The van der Waals surface area contributed by atoms with Crippen molar-refractivity contribution in [1.29, 1.82) is 5.26 Å². The maximum Gasteiger partial charge on any atom is 0.158 e. The summed E-state index contributed by atoms with van der Waals surface area (Å²) >= 11 is 0. The van der Waals surface area contributed by atoms with E-state index in [4.69, 9.17) is 5.26 Å². The number of aliphatic hydroxyl groups excluding tert-OH is 1. The predicted octanol–water partition coefficient (Wildman–Crippen LogP) is 1.47. The molecule has 9 nitrogen and oxygen atoms in total. The van der Waals surface area contributed by atoms with E-state index < -0.39 is 0 Å². The van der Waals surface area contributed by atoms with Crippen LogP contribution in [0.15, 0.2) is 24.7 Å². The molecule has 4 N–H and O–H groups in total. The van der Waals surface area contributed by atoms with Crippen LogP contribution in [0.2, 0.25) is 0 Å². The molecular weight excluding hydrogens is 368 g/mol. The van der Waals surface area contributed by atoms with Crippen molar-refractivity contribution in [3.63, 3.8) is 0 Å². The lowest BCUT2D eigenvalue weighted by Gasteiger charge is -2.26. The SMILES string of the molecule is N#Cc1cnc(Nc2cc(NC[C@@H]3CCCNC3)c(N3CCC(O)C3)cn2)cn1. The molecular formula is C20H26N8O. The number of nitrogens with zero attached hydrogens (tertiary/aromatic N) is 5. The van der Waals surface area contributed by atoms with Crippen LogP contribution in [-0.4, -0.2) is 58.9 Å². The Morgan fingerprint density at radius 3 is 2.79 bits per heavy atom. The highest BCUT2D eigenvalue weighted by molar-refractivity contribution is 5.73. The summed E-state index contributed by atoms with van der Waals surface area (Å²) in [6.45, 7) is 4.45. The molecule has 4 heterocycles. The Bertz CT molecular complexity index is 860. The average molecular weight is 394 g/mol. The van der Waals surface area contributed by atoms with Crippen molar-refractivity contribution in [2.45, 2.75) is 25.4 Å².